The first kappa shape index (κ1) is 16.5. The van der Waals surface area contributed by atoms with Gasteiger partial charge in [0.15, 0.2) is 0 Å². The van der Waals surface area contributed by atoms with Crippen molar-refractivity contribution in [3.05, 3.63) is 58.2 Å². The minimum atomic E-state index is -0.570. The number of hydrogen-bond acceptors (Lipinski definition) is 2. The van der Waals surface area contributed by atoms with Crippen molar-refractivity contribution < 1.29 is 0 Å². The van der Waals surface area contributed by atoms with E-state index in [0.29, 0.717) is 20.2 Å². The van der Waals surface area contributed by atoms with Gasteiger partial charge in [0, 0.05) is 8.95 Å². The number of H-pyrrole nitrogens is 1. The van der Waals surface area contributed by atoms with Crippen molar-refractivity contribution in [2.75, 3.05) is 0 Å². The van der Waals surface area contributed by atoms with E-state index in [2.05, 4.69) is 36.8 Å². The van der Waals surface area contributed by atoms with Gasteiger partial charge in [0.25, 0.3) is 5.56 Å². The smallest absolute Gasteiger partial charge is 0.297 e. The summed E-state index contributed by atoms with van der Waals surface area (Å²) < 4.78 is 2.40. The topological polar surface area (TPSA) is 54.9 Å². The third-order valence-electron chi connectivity index (χ3n) is 3.05. The second-order valence-corrected chi connectivity index (χ2v) is 7.12. The lowest BCUT2D eigenvalue weighted by molar-refractivity contribution is 0.774. The van der Waals surface area contributed by atoms with Crippen molar-refractivity contribution in [2.24, 2.45) is 0 Å². The van der Waals surface area contributed by atoms with Crippen LogP contribution in [0.1, 0.15) is 30.9 Å². The predicted molar refractivity (Wildman–Crippen MR) is 91.9 cm³/mol. The fourth-order valence-corrected chi connectivity index (χ4v) is 4.28. The lowest BCUT2D eigenvalue weighted by atomic mass is 10.1. The molecule has 0 aliphatic carbocycles. The molecule has 0 atom stereocenters. The predicted octanol–water partition coefficient (Wildman–Crippen LogP) is 4.14. The van der Waals surface area contributed by atoms with Crippen LogP contribution >= 0.6 is 43.5 Å². The fourth-order valence-electron chi connectivity index (χ4n) is 2.13. The highest BCUT2D eigenvalue weighted by atomic mass is 79.9. The van der Waals surface area contributed by atoms with Gasteiger partial charge < -0.3 is 0 Å². The molecule has 0 bridgehead atoms. The van der Waals surface area contributed by atoms with Crippen LogP contribution in [0.2, 0.25) is 5.15 Å². The molecule has 0 spiro atoms. The average molecular weight is 437 g/mol. The number of hydrogen-bond donors (Lipinski definition) is 1. The summed E-state index contributed by atoms with van der Waals surface area (Å²) in [6.45, 7) is 5.63. The summed E-state index contributed by atoms with van der Waals surface area (Å²) >= 11 is 12.8. The summed E-state index contributed by atoms with van der Waals surface area (Å²) in [7, 11) is 0. The van der Waals surface area contributed by atoms with Crippen molar-refractivity contribution in [1.82, 2.24) is 9.55 Å². The summed E-state index contributed by atoms with van der Waals surface area (Å²) in [5.74, 6) is -0.101. The number of nitrogens with one attached hydrogen (secondary N) is 1. The highest BCUT2D eigenvalue weighted by Gasteiger charge is 2.19. The zero-order chi connectivity index (χ0) is 15.9. The maximum Gasteiger partial charge on any atom is 0.334 e. The summed E-state index contributed by atoms with van der Waals surface area (Å²) in [6.07, 6.45) is 0. The molecule has 4 nitrogen and oxygen atoms in total. The van der Waals surface area contributed by atoms with Crippen molar-refractivity contribution in [3.63, 3.8) is 0 Å². The molecular formula is C14H13Br2ClN2O2. The van der Waals surface area contributed by atoms with Crippen LogP contribution in [0.25, 0.3) is 5.69 Å². The van der Waals surface area contributed by atoms with Crippen LogP contribution in [0.4, 0.5) is 0 Å². The van der Waals surface area contributed by atoms with Crippen LogP contribution in [0.15, 0.2) is 30.7 Å². The van der Waals surface area contributed by atoms with Gasteiger partial charge in [-0.2, -0.15) is 0 Å². The Balaban J connectivity index is 2.93. The van der Waals surface area contributed by atoms with Crippen LogP contribution in [-0.4, -0.2) is 9.55 Å². The van der Waals surface area contributed by atoms with Crippen molar-refractivity contribution >= 4 is 43.5 Å². The number of aromatic amines is 1. The van der Waals surface area contributed by atoms with Crippen LogP contribution in [0, 0.1) is 6.92 Å². The van der Waals surface area contributed by atoms with Gasteiger partial charge in [0.2, 0.25) is 0 Å². The second-order valence-electron chi connectivity index (χ2n) is 5.03. The molecule has 1 aromatic carbocycles. The number of aromatic nitrogens is 2. The minimum Gasteiger partial charge on any atom is -0.297 e. The Kier molecular flexibility index (Phi) is 4.80. The summed E-state index contributed by atoms with van der Waals surface area (Å²) in [5.41, 5.74) is 0.865. The largest absolute Gasteiger partial charge is 0.334 e. The van der Waals surface area contributed by atoms with E-state index in [4.69, 9.17) is 11.6 Å². The van der Waals surface area contributed by atoms with Crippen LogP contribution in [0.3, 0.4) is 0 Å². The Labute approximate surface area is 143 Å². The average Bonchev–Trinajstić information content (AvgIpc) is 2.30. The lowest BCUT2D eigenvalue weighted by Crippen LogP contribution is -2.37. The molecule has 1 N–H and O–H groups in total. The van der Waals surface area contributed by atoms with Gasteiger partial charge >= 0.3 is 5.69 Å². The Morgan fingerprint density at radius 3 is 2.19 bits per heavy atom. The monoisotopic (exact) mass is 434 g/mol. The van der Waals surface area contributed by atoms with Gasteiger partial charge in [0.05, 0.1) is 11.3 Å². The molecule has 0 aliphatic rings. The minimum absolute atomic E-state index is 0.0932. The molecule has 0 unspecified atom stereocenters. The SMILES string of the molecule is Cc1cc(Br)c(-n2c(=O)[nH]c(Cl)c(C(C)C)c2=O)c(Br)c1. The summed E-state index contributed by atoms with van der Waals surface area (Å²) in [6, 6.07) is 3.69. The number of aryl methyl sites for hydroxylation is 1. The molecular weight excluding hydrogens is 423 g/mol. The number of benzene rings is 1. The molecule has 0 saturated heterocycles. The Morgan fingerprint density at radius 2 is 1.71 bits per heavy atom. The highest BCUT2D eigenvalue weighted by Crippen LogP contribution is 2.29. The van der Waals surface area contributed by atoms with Gasteiger partial charge in [-0.15, -0.1) is 0 Å². The fraction of sp³-hybridized carbons (Fsp3) is 0.286. The van der Waals surface area contributed by atoms with Gasteiger partial charge in [0.1, 0.15) is 5.15 Å². The Morgan fingerprint density at radius 1 is 1.19 bits per heavy atom. The highest BCUT2D eigenvalue weighted by molar-refractivity contribution is 9.11. The van der Waals surface area contributed by atoms with Gasteiger partial charge in [-0.25, -0.2) is 9.36 Å². The molecule has 7 heteroatoms. The molecule has 1 aromatic heterocycles. The first-order chi connectivity index (χ1) is 9.73. The Bertz CT molecular complexity index is 802. The van der Waals surface area contributed by atoms with E-state index in [1.165, 1.54) is 0 Å². The maximum atomic E-state index is 12.7. The van der Waals surface area contributed by atoms with Gasteiger partial charge in [-0.05, 0) is 62.4 Å². The molecule has 0 saturated carbocycles. The second kappa shape index (κ2) is 6.10. The third-order valence-corrected chi connectivity index (χ3v) is 4.56. The molecule has 0 amide bonds. The third kappa shape index (κ3) is 3.03. The standard InChI is InChI=1S/C14H13Br2ClN2O2/c1-6(2)10-12(17)18-14(21)19(13(10)20)11-8(15)4-7(3)5-9(11)16/h4-6H,1-3H3,(H,18,21). The van der Waals surface area contributed by atoms with Gasteiger partial charge in [-0.1, -0.05) is 25.4 Å². The van der Waals surface area contributed by atoms with Crippen molar-refractivity contribution in [2.45, 2.75) is 26.7 Å². The zero-order valence-corrected chi connectivity index (χ0v) is 15.6. The quantitative estimate of drug-likeness (QED) is 0.720. The van der Waals surface area contributed by atoms with Crippen LogP contribution in [0.5, 0.6) is 0 Å². The molecule has 0 radical (unpaired) electrons. The van der Waals surface area contributed by atoms with E-state index in [0.717, 1.165) is 10.1 Å². The van der Waals surface area contributed by atoms with E-state index in [1.807, 2.05) is 32.9 Å². The van der Waals surface area contributed by atoms with E-state index in [9.17, 15) is 9.59 Å². The van der Waals surface area contributed by atoms with Crippen LogP contribution < -0.4 is 11.2 Å². The van der Waals surface area contributed by atoms with E-state index in [-0.39, 0.29) is 11.1 Å². The molecule has 2 aromatic rings. The molecule has 21 heavy (non-hydrogen) atoms. The first-order valence-electron chi connectivity index (χ1n) is 6.24. The normalized spacial score (nSPS) is 11.2. The van der Waals surface area contributed by atoms with E-state index >= 15 is 0 Å². The lowest BCUT2D eigenvalue weighted by Gasteiger charge is -2.14. The van der Waals surface area contributed by atoms with E-state index in [1.54, 1.807) is 0 Å². The molecule has 2 rings (SSSR count). The van der Waals surface area contributed by atoms with Crippen molar-refractivity contribution in [1.29, 1.82) is 0 Å². The molecule has 0 aliphatic heterocycles. The summed E-state index contributed by atoms with van der Waals surface area (Å²) in [4.78, 5) is 27.4. The number of rotatable bonds is 2. The summed E-state index contributed by atoms with van der Waals surface area (Å²) in [5, 5.41) is 0.0932. The Hall–Kier alpha value is -0.850. The molecule has 112 valence electrons. The number of nitrogens with zero attached hydrogens (tertiary/aromatic N) is 1. The van der Waals surface area contributed by atoms with Crippen molar-refractivity contribution in [3.8, 4) is 5.69 Å². The van der Waals surface area contributed by atoms with Gasteiger partial charge in [-0.3, -0.25) is 9.78 Å². The first-order valence-corrected chi connectivity index (χ1v) is 8.21. The van der Waals surface area contributed by atoms with Crippen LogP contribution in [-0.2, 0) is 0 Å². The number of halogens is 3. The molecule has 0 fully saturated rings. The zero-order valence-electron chi connectivity index (χ0n) is 11.6. The maximum absolute atomic E-state index is 12.7. The van der Waals surface area contributed by atoms with E-state index < -0.39 is 11.2 Å². The molecule has 1 heterocycles.